The number of halogens is 1. The third-order valence-electron chi connectivity index (χ3n) is 3.34. The van der Waals surface area contributed by atoms with Crippen LogP contribution < -0.4 is 0 Å². The summed E-state index contributed by atoms with van der Waals surface area (Å²) in [6, 6.07) is 8.13. The number of hydrogen-bond acceptors (Lipinski definition) is 2. The second-order valence-corrected chi connectivity index (χ2v) is 6.41. The number of thioether (sulfide) groups is 1. The van der Waals surface area contributed by atoms with Crippen LogP contribution in [0.25, 0.3) is 0 Å². The van der Waals surface area contributed by atoms with Crippen molar-refractivity contribution in [3.63, 3.8) is 0 Å². The summed E-state index contributed by atoms with van der Waals surface area (Å²) in [7, 11) is 0. The van der Waals surface area contributed by atoms with Gasteiger partial charge in [0.2, 0.25) is 0 Å². The van der Waals surface area contributed by atoms with Crippen molar-refractivity contribution in [2.24, 2.45) is 5.41 Å². The zero-order valence-electron chi connectivity index (χ0n) is 9.29. The molecule has 0 aromatic heterocycles. The lowest BCUT2D eigenvalue weighted by Crippen LogP contribution is -2.21. The summed E-state index contributed by atoms with van der Waals surface area (Å²) in [5.74, 6) is 2.19. The van der Waals surface area contributed by atoms with Crippen LogP contribution in [0, 0.1) is 5.41 Å². The first-order chi connectivity index (χ1) is 7.74. The normalized spacial score (nSPS) is 18.9. The number of thiol groups is 1. The van der Waals surface area contributed by atoms with Gasteiger partial charge in [0.15, 0.2) is 0 Å². The highest BCUT2D eigenvalue weighted by molar-refractivity contribution is 7.99. The Morgan fingerprint density at radius 2 is 2.06 bits per heavy atom. The van der Waals surface area contributed by atoms with E-state index in [0.29, 0.717) is 5.41 Å². The molecule has 88 valence electrons. The van der Waals surface area contributed by atoms with Crippen molar-refractivity contribution in [1.29, 1.82) is 0 Å². The van der Waals surface area contributed by atoms with Crippen molar-refractivity contribution in [3.05, 3.63) is 29.3 Å². The molecular weight excluding hydrogens is 256 g/mol. The molecular formula is C13H17ClS2. The van der Waals surface area contributed by atoms with E-state index in [-0.39, 0.29) is 0 Å². The highest BCUT2D eigenvalue weighted by Gasteiger charge is 2.32. The molecule has 1 fully saturated rings. The molecule has 16 heavy (non-hydrogen) atoms. The Labute approximate surface area is 113 Å². The van der Waals surface area contributed by atoms with E-state index in [2.05, 4.69) is 18.7 Å². The highest BCUT2D eigenvalue weighted by Crippen LogP contribution is 2.43. The van der Waals surface area contributed by atoms with Crippen LogP contribution in [0.5, 0.6) is 0 Å². The molecule has 0 amide bonds. The molecule has 1 aromatic carbocycles. The molecule has 0 unspecified atom stereocenters. The van der Waals surface area contributed by atoms with Gasteiger partial charge in [-0.25, -0.2) is 0 Å². The second-order valence-electron chi connectivity index (χ2n) is 4.61. The minimum atomic E-state index is 0.468. The molecule has 0 bridgehead atoms. The monoisotopic (exact) mass is 272 g/mol. The predicted octanol–water partition coefficient (Wildman–Crippen LogP) is 4.92. The number of rotatable bonds is 4. The molecule has 0 aliphatic heterocycles. The molecule has 0 radical (unpaired) electrons. The zero-order chi connectivity index (χ0) is 11.4. The first-order valence-electron chi connectivity index (χ1n) is 5.73. The molecule has 1 aliphatic rings. The number of benzene rings is 1. The third-order valence-corrected chi connectivity index (χ3v) is 5.59. The van der Waals surface area contributed by atoms with Gasteiger partial charge in [0.1, 0.15) is 0 Å². The lowest BCUT2D eigenvalue weighted by atomic mass is 9.91. The van der Waals surface area contributed by atoms with Crippen LogP contribution in [-0.2, 0) is 0 Å². The minimum Gasteiger partial charge on any atom is -0.179 e. The molecule has 0 spiro atoms. The molecule has 1 saturated carbocycles. The van der Waals surface area contributed by atoms with E-state index in [1.165, 1.54) is 36.3 Å². The molecule has 0 atom stereocenters. The Morgan fingerprint density at radius 1 is 1.31 bits per heavy atom. The minimum absolute atomic E-state index is 0.468. The molecule has 2 rings (SSSR count). The van der Waals surface area contributed by atoms with E-state index in [1.807, 2.05) is 30.0 Å². The summed E-state index contributed by atoms with van der Waals surface area (Å²) >= 11 is 12.4. The lowest BCUT2D eigenvalue weighted by Gasteiger charge is -2.26. The maximum atomic E-state index is 5.98. The van der Waals surface area contributed by atoms with Gasteiger partial charge in [-0.2, -0.15) is 12.6 Å². The van der Waals surface area contributed by atoms with Gasteiger partial charge in [-0.05, 0) is 42.2 Å². The fourth-order valence-corrected chi connectivity index (χ4v) is 4.35. The Kier molecular flexibility index (Phi) is 4.51. The van der Waals surface area contributed by atoms with E-state index in [9.17, 15) is 0 Å². The van der Waals surface area contributed by atoms with Gasteiger partial charge in [-0.1, -0.05) is 30.5 Å². The summed E-state index contributed by atoms with van der Waals surface area (Å²) in [5, 5.41) is 0.830. The SMILES string of the molecule is SCC1(CSc2cccc(Cl)c2)CCCC1. The van der Waals surface area contributed by atoms with Gasteiger partial charge < -0.3 is 0 Å². The van der Waals surface area contributed by atoms with Crippen LogP contribution in [-0.4, -0.2) is 11.5 Å². The van der Waals surface area contributed by atoms with Crippen LogP contribution >= 0.6 is 36.0 Å². The Bertz CT molecular complexity index is 346. The van der Waals surface area contributed by atoms with Crippen molar-refractivity contribution in [1.82, 2.24) is 0 Å². The quantitative estimate of drug-likeness (QED) is 0.599. The van der Waals surface area contributed by atoms with Crippen LogP contribution in [0.15, 0.2) is 29.2 Å². The molecule has 3 heteroatoms. The van der Waals surface area contributed by atoms with Crippen molar-refractivity contribution in [2.45, 2.75) is 30.6 Å². The molecule has 1 aliphatic carbocycles. The first-order valence-corrected chi connectivity index (χ1v) is 7.73. The van der Waals surface area contributed by atoms with E-state index in [0.717, 1.165) is 10.8 Å². The van der Waals surface area contributed by atoms with Crippen molar-refractivity contribution in [2.75, 3.05) is 11.5 Å². The van der Waals surface area contributed by atoms with Crippen LogP contribution in [0.3, 0.4) is 0 Å². The van der Waals surface area contributed by atoms with E-state index in [1.54, 1.807) is 0 Å². The van der Waals surface area contributed by atoms with Gasteiger partial charge in [0, 0.05) is 15.7 Å². The summed E-state index contributed by atoms with van der Waals surface area (Å²) in [6.07, 6.45) is 5.42. The molecule has 0 heterocycles. The molecule has 0 N–H and O–H groups in total. The van der Waals surface area contributed by atoms with Crippen LogP contribution in [0.4, 0.5) is 0 Å². The number of hydrogen-bond donors (Lipinski definition) is 1. The summed E-state index contributed by atoms with van der Waals surface area (Å²) in [5.41, 5.74) is 0.468. The van der Waals surface area contributed by atoms with Gasteiger partial charge in [-0.15, -0.1) is 11.8 Å². The topological polar surface area (TPSA) is 0 Å². The smallest absolute Gasteiger partial charge is 0.0417 e. The lowest BCUT2D eigenvalue weighted by molar-refractivity contribution is 0.403. The van der Waals surface area contributed by atoms with Crippen LogP contribution in [0.1, 0.15) is 25.7 Å². The predicted molar refractivity (Wildman–Crippen MR) is 76.9 cm³/mol. The molecule has 0 saturated heterocycles. The molecule has 0 nitrogen and oxygen atoms in total. The first kappa shape index (κ1) is 12.7. The van der Waals surface area contributed by atoms with Gasteiger partial charge in [-0.3, -0.25) is 0 Å². The fourth-order valence-electron chi connectivity index (χ4n) is 2.27. The summed E-state index contributed by atoms with van der Waals surface area (Å²) < 4.78 is 0. The van der Waals surface area contributed by atoms with Crippen molar-refractivity contribution >= 4 is 36.0 Å². The van der Waals surface area contributed by atoms with Crippen molar-refractivity contribution in [3.8, 4) is 0 Å². The van der Waals surface area contributed by atoms with Crippen LogP contribution in [0.2, 0.25) is 5.02 Å². The largest absolute Gasteiger partial charge is 0.179 e. The molecule has 1 aromatic rings. The van der Waals surface area contributed by atoms with Crippen molar-refractivity contribution < 1.29 is 0 Å². The summed E-state index contributed by atoms with van der Waals surface area (Å²) in [4.78, 5) is 1.28. The highest BCUT2D eigenvalue weighted by atomic mass is 35.5. The Balaban J connectivity index is 1.95. The van der Waals surface area contributed by atoms with Gasteiger partial charge in [0.25, 0.3) is 0 Å². The Morgan fingerprint density at radius 3 is 2.69 bits per heavy atom. The van der Waals surface area contributed by atoms with Gasteiger partial charge >= 0.3 is 0 Å². The van der Waals surface area contributed by atoms with Gasteiger partial charge in [0.05, 0.1) is 0 Å². The third kappa shape index (κ3) is 3.12. The maximum absolute atomic E-state index is 5.98. The average molecular weight is 273 g/mol. The van der Waals surface area contributed by atoms with E-state index in [4.69, 9.17) is 11.6 Å². The standard InChI is InChI=1S/C13H17ClS2/c14-11-4-3-5-12(8-11)16-10-13(9-15)6-1-2-7-13/h3-5,8,15H,1-2,6-7,9-10H2. The van der Waals surface area contributed by atoms with E-state index >= 15 is 0 Å². The zero-order valence-corrected chi connectivity index (χ0v) is 11.8. The average Bonchev–Trinajstić information content (AvgIpc) is 2.76. The Hall–Kier alpha value is 0.210. The maximum Gasteiger partial charge on any atom is 0.0417 e. The van der Waals surface area contributed by atoms with E-state index < -0.39 is 0 Å². The fraction of sp³-hybridized carbons (Fsp3) is 0.538. The summed E-state index contributed by atoms with van der Waals surface area (Å²) in [6.45, 7) is 0. The second kappa shape index (κ2) is 5.70.